The van der Waals surface area contributed by atoms with E-state index in [2.05, 4.69) is 14.9 Å². The molecule has 0 spiro atoms. The lowest BCUT2D eigenvalue weighted by atomic mass is 10.2. The molecule has 4 rings (SSSR count). The number of fused-ring (bicyclic) bond motifs is 1. The van der Waals surface area contributed by atoms with E-state index in [9.17, 15) is 9.59 Å². The number of furan rings is 1. The lowest BCUT2D eigenvalue weighted by molar-refractivity contribution is 0.0605. The van der Waals surface area contributed by atoms with Crippen molar-refractivity contribution in [2.75, 3.05) is 38.2 Å². The zero-order valence-corrected chi connectivity index (χ0v) is 16.8. The lowest BCUT2D eigenvalue weighted by Crippen LogP contribution is -2.49. The second kappa shape index (κ2) is 7.40. The molecule has 0 saturated carbocycles. The number of amides is 1. The fraction of sp³-hybridized carbons (Fsp3) is 0.333. The number of methoxy groups -OCH3 is 1. The van der Waals surface area contributed by atoms with Crippen LogP contribution in [0.25, 0.3) is 10.2 Å². The van der Waals surface area contributed by atoms with E-state index < -0.39 is 5.97 Å². The number of anilines is 1. The second-order valence-corrected chi connectivity index (χ2v) is 7.64. The van der Waals surface area contributed by atoms with Gasteiger partial charge in [0.05, 0.1) is 18.8 Å². The van der Waals surface area contributed by atoms with E-state index in [1.54, 1.807) is 17.0 Å². The van der Waals surface area contributed by atoms with Gasteiger partial charge in [-0.25, -0.2) is 9.78 Å². The predicted molar refractivity (Wildman–Crippen MR) is 105 cm³/mol. The zero-order chi connectivity index (χ0) is 19.8. The number of aryl methyl sites for hydroxylation is 1. The highest BCUT2D eigenvalue weighted by molar-refractivity contribution is 7.20. The summed E-state index contributed by atoms with van der Waals surface area (Å²) in [5.41, 5.74) is 0.771. The van der Waals surface area contributed by atoms with Crippen LogP contribution in [0.1, 0.15) is 25.8 Å². The van der Waals surface area contributed by atoms with Gasteiger partial charge in [-0.05, 0) is 36.2 Å². The number of thiophene rings is 1. The molecule has 3 aromatic rings. The van der Waals surface area contributed by atoms with E-state index in [1.807, 2.05) is 6.92 Å². The summed E-state index contributed by atoms with van der Waals surface area (Å²) in [7, 11) is 1.35. The van der Waals surface area contributed by atoms with Crippen LogP contribution < -0.4 is 4.90 Å². The first-order valence-corrected chi connectivity index (χ1v) is 9.81. The highest BCUT2D eigenvalue weighted by atomic mass is 35.5. The summed E-state index contributed by atoms with van der Waals surface area (Å²) in [6, 6.07) is 3.35. The molecule has 0 unspecified atom stereocenters. The molecule has 0 radical (unpaired) electrons. The molecule has 1 aliphatic heterocycles. The highest BCUT2D eigenvalue weighted by Gasteiger charge is 2.28. The van der Waals surface area contributed by atoms with E-state index in [-0.39, 0.29) is 11.2 Å². The van der Waals surface area contributed by atoms with Crippen molar-refractivity contribution < 1.29 is 18.7 Å². The molecule has 4 heterocycles. The Kier molecular flexibility index (Phi) is 4.94. The third-order valence-corrected chi connectivity index (χ3v) is 6.05. The maximum Gasteiger partial charge on any atom is 0.348 e. The Bertz CT molecular complexity index is 1040. The first kappa shape index (κ1) is 18.7. The third-order valence-electron chi connectivity index (χ3n) is 4.71. The summed E-state index contributed by atoms with van der Waals surface area (Å²) in [5.74, 6) is 0.466. The summed E-state index contributed by atoms with van der Waals surface area (Å²) in [6.45, 7) is 4.06. The lowest BCUT2D eigenvalue weighted by Gasteiger charge is -2.35. The predicted octanol–water partition coefficient (Wildman–Crippen LogP) is 3.00. The first-order chi connectivity index (χ1) is 13.5. The van der Waals surface area contributed by atoms with Gasteiger partial charge in [0.15, 0.2) is 5.76 Å². The zero-order valence-electron chi connectivity index (χ0n) is 15.3. The van der Waals surface area contributed by atoms with Gasteiger partial charge < -0.3 is 19.0 Å². The van der Waals surface area contributed by atoms with Gasteiger partial charge in [-0.2, -0.15) is 4.98 Å². The summed E-state index contributed by atoms with van der Waals surface area (Å²) in [4.78, 5) is 38.1. The number of hydrogen-bond acceptors (Lipinski definition) is 8. The Morgan fingerprint density at radius 2 is 2.00 bits per heavy atom. The maximum absolute atomic E-state index is 12.5. The molecule has 0 atom stereocenters. The Morgan fingerprint density at radius 3 is 2.64 bits per heavy atom. The highest BCUT2D eigenvalue weighted by Crippen LogP contribution is 2.36. The van der Waals surface area contributed by atoms with Gasteiger partial charge in [-0.1, -0.05) is 0 Å². The van der Waals surface area contributed by atoms with E-state index >= 15 is 0 Å². The number of halogens is 1. The van der Waals surface area contributed by atoms with E-state index in [1.165, 1.54) is 24.7 Å². The standard InChI is InChI=1S/C18H17ClN4O4S/c1-10-12-14(20-18(19)21-15(12)28-13(10)17(25)26-2)22-5-7-23(8-6-22)16(24)11-4-3-9-27-11/h3-4,9H,5-8H2,1-2H3. The first-order valence-electron chi connectivity index (χ1n) is 8.62. The Hall–Kier alpha value is -2.65. The third kappa shape index (κ3) is 3.20. The molecule has 1 fully saturated rings. The number of aromatic nitrogens is 2. The SMILES string of the molecule is COC(=O)c1sc2nc(Cl)nc(N3CCN(C(=O)c4ccco4)CC3)c2c1C. The van der Waals surface area contributed by atoms with Gasteiger partial charge in [0.2, 0.25) is 5.28 Å². The minimum Gasteiger partial charge on any atom is -0.465 e. The second-order valence-electron chi connectivity index (χ2n) is 6.30. The molecule has 0 aliphatic carbocycles. The van der Waals surface area contributed by atoms with Gasteiger partial charge in [-0.15, -0.1) is 11.3 Å². The van der Waals surface area contributed by atoms with Gasteiger partial charge in [0.25, 0.3) is 5.91 Å². The van der Waals surface area contributed by atoms with Crippen LogP contribution in [0.15, 0.2) is 22.8 Å². The molecule has 0 aromatic carbocycles. The molecule has 0 bridgehead atoms. The molecular formula is C18H17ClN4O4S. The van der Waals surface area contributed by atoms with Crippen molar-refractivity contribution >= 4 is 50.8 Å². The minimum absolute atomic E-state index is 0.120. The summed E-state index contributed by atoms with van der Waals surface area (Å²) >= 11 is 7.37. The summed E-state index contributed by atoms with van der Waals surface area (Å²) in [5, 5.41) is 0.912. The van der Waals surface area contributed by atoms with Gasteiger partial charge >= 0.3 is 5.97 Å². The van der Waals surface area contributed by atoms with Gasteiger partial charge in [-0.3, -0.25) is 4.79 Å². The van der Waals surface area contributed by atoms with Crippen LogP contribution in [0.5, 0.6) is 0 Å². The molecule has 0 N–H and O–H groups in total. The van der Waals surface area contributed by atoms with Crippen molar-refractivity contribution in [2.24, 2.45) is 0 Å². The number of carbonyl (C=O) groups is 2. The van der Waals surface area contributed by atoms with Crippen molar-refractivity contribution in [3.8, 4) is 0 Å². The van der Waals surface area contributed by atoms with Crippen LogP contribution in [-0.2, 0) is 4.74 Å². The molecule has 1 aliphatic rings. The number of piperazine rings is 1. The Balaban J connectivity index is 1.62. The molecular weight excluding hydrogens is 404 g/mol. The number of nitrogens with zero attached hydrogens (tertiary/aromatic N) is 4. The number of ether oxygens (including phenoxy) is 1. The average Bonchev–Trinajstić information content (AvgIpc) is 3.35. The van der Waals surface area contributed by atoms with Crippen molar-refractivity contribution in [3.05, 3.63) is 39.9 Å². The fourth-order valence-electron chi connectivity index (χ4n) is 3.29. The topological polar surface area (TPSA) is 88.8 Å². The molecule has 3 aromatic heterocycles. The van der Waals surface area contributed by atoms with Crippen LogP contribution in [0.4, 0.5) is 5.82 Å². The van der Waals surface area contributed by atoms with Crippen LogP contribution in [0.2, 0.25) is 5.28 Å². The Morgan fingerprint density at radius 1 is 1.25 bits per heavy atom. The maximum atomic E-state index is 12.5. The number of rotatable bonds is 3. The molecule has 1 amide bonds. The van der Waals surface area contributed by atoms with Crippen molar-refractivity contribution in [3.63, 3.8) is 0 Å². The minimum atomic E-state index is -0.406. The molecule has 10 heteroatoms. The molecule has 28 heavy (non-hydrogen) atoms. The number of carbonyl (C=O) groups excluding carboxylic acids is 2. The van der Waals surface area contributed by atoms with E-state index in [0.29, 0.717) is 47.5 Å². The van der Waals surface area contributed by atoms with Gasteiger partial charge in [0.1, 0.15) is 15.5 Å². The smallest absolute Gasteiger partial charge is 0.348 e. The molecule has 8 nitrogen and oxygen atoms in total. The Labute approximate surface area is 169 Å². The summed E-state index contributed by atoms with van der Waals surface area (Å²) in [6.07, 6.45) is 1.49. The van der Waals surface area contributed by atoms with Gasteiger partial charge in [0, 0.05) is 26.2 Å². The molecule has 146 valence electrons. The normalized spacial score (nSPS) is 14.5. The largest absolute Gasteiger partial charge is 0.465 e. The monoisotopic (exact) mass is 420 g/mol. The summed E-state index contributed by atoms with van der Waals surface area (Å²) < 4.78 is 10.1. The van der Waals surface area contributed by atoms with E-state index in [4.69, 9.17) is 20.8 Å². The number of esters is 1. The quantitative estimate of drug-likeness (QED) is 0.475. The molecule has 1 saturated heterocycles. The number of hydrogen-bond donors (Lipinski definition) is 0. The van der Waals surface area contributed by atoms with Crippen molar-refractivity contribution in [1.82, 2.24) is 14.9 Å². The fourth-order valence-corrected chi connectivity index (χ4v) is 4.59. The van der Waals surface area contributed by atoms with Crippen LogP contribution in [-0.4, -0.2) is 60.0 Å². The van der Waals surface area contributed by atoms with Crippen molar-refractivity contribution in [1.29, 1.82) is 0 Å². The van der Waals surface area contributed by atoms with Crippen LogP contribution in [0.3, 0.4) is 0 Å². The average molecular weight is 421 g/mol. The van der Waals surface area contributed by atoms with Crippen molar-refractivity contribution in [2.45, 2.75) is 6.92 Å². The van der Waals surface area contributed by atoms with Crippen LogP contribution in [0, 0.1) is 6.92 Å². The van der Waals surface area contributed by atoms with Crippen LogP contribution >= 0.6 is 22.9 Å². The van der Waals surface area contributed by atoms with E-state index in [0.717, 1.165) is 10.9 Å².